The lowest BCUT2D eigenvalue weighted by molar-refractivity contribution is -0.142. The first-order valence-corrected chi connectivity index (χ1v) is 5.11. The van der Waals surface area contributed by atoms with E-state index in [1.807, 2.05) is 7.05 Å². The molecule has 0 aromatic heterocycles. The molecule has 1 atom stereocenters. The van der Waals surface area contributed by atoms with Crippen LogP contribution in [0, 0.1) is 0 Å². The summed E-state index contributed by atoms with van der Waals surface area (Å²) < 4.78 is 5.01. The van der Waals surface area contributed by atoms with Crippen LogP contribution < -0.4 is 5.73 Å². The van der Waals surface area contributed by atoms with Crippen LogP contribution >= 0.6 is 0 Å². The van der Waals surface area contributed by atoms with Gasteiger partial charge in [-0.15, -0.1) is 0 Å². The van der Waals surface area contributed by atoms with E-state index in [0.717, 1.165) is 12.8 Å². The van der Waals surface area contributed by atoms with Crippen molar-refractivity contribution in [2.45, 2.75) is 38.8 Å². The molecule has 0 rings (SSSR count). The molecule has 84 valence electrons. The molecule has 0 bridgehead atoms. The number of nitrogens with zero attached hydrogens (tertiary/aromatic N) is 1. The number of methoxy groups -OCH3 is 1. The van der Waals surface area contributed by atoms with Crippen molar-refractivity contribution >= 4 is 5.91 Å². The van der Waals surface area contributed by atoms with Crippen LogP contribution in [0.1, 0.15) is 26.7 Å². The molecule has 0 saturated carbocycles. The van der Waals surface area contributed by atoms with Gasteiger partial charge in [0, 0.05) is 26.7 Å². The van der Waals surface area contributed by atoms with Gasteiger partial charge < -0.3 is 15.4 Å². The lowest BCUT2D eigenvalue weighted by Gasteiger charge is -2.29. The van der Waals surface area contributed by atoms with Gasteiger partial charge in [-0.3, -0.25) is 4.79 Å². The molecule has 14 heavy (non-hydrogen) atoms. The molecule has 0 aliphatic rings. The monoisotopic (exact) mass is 202 g/mol. The van der Waals surface area contributed by atoms with Crippen molar-refractivity contribution in [2.75, 3.05) is 20.7 Å². The van der Waals surface area contributed by atoms with E-state index in [4.69, 9.17) is 10.5 Å². The molecule has 0 fully saturated rings. The fourth-order valence-electron chi connectivity index (χ4n) is 1.54. The van der Waals surface area contributed by atoms with Gasteiger partial charge in [-0.05, 0) is 12.8 Å². The number of likely N-dealkylation sites (N-methyl/N-ethyl adjacent to an activating group) is 1. The number of amides is 1. The zero-order valence-corrected chi connectivity index (χ0v) is 9.62. The molecular formula is C10H22N2O2. The van der Waals surface area contributed by atoms with Crippen LogP contribution in [-0.2, 0) is 9.53 Å². The third-order valence-electron chi connectivity index (χ3n) is 2.61. The largest absolute Gasteiger partial charge is 0.370 e. The molecule has 0 aromatic carbocycles. The molecule has 0 aliphatic carbocycles. The molecule has 0 radical (unpaired) electrons. The van der Waals surface area contributed by atoms with Crippen LogP contribution in [0.2, 0.25) is 0 Å². The lowest BCUT2D eigenvalue weighted by atomic mass is 10.1. The van der Waals surface area contributed by atoms with E-state index < -0.39 is 6.10 Å². The number of carbonyl (C=O) groups excluding carboxylic acids is 1. The SMILES string of the molecule is CCC(CC)N(C)C(=O)C(CN)OC. The van der Waals surface area contributed by atoms with Gasteiger partial charge in [-0.25, -0.2) is 0 Å². The van der Waals surface area contributed by atoms with E-state index in [-0.39, 0.29) is 18.5 Å². The van der Waals surface area contributed by atoms with Crippen LogP contribution in [0.5, 0.6) is 0 Å². The van der Waals surface area contributed by atoms with Crippen molar-refractivity contribution in [2.24, 2.45) is 5.73 Å². The quantitative estimate of drug-likeness (QED) is 0.686. The summed E-state index contributed by atoms with van der Waals surface area (Å²) in [4.78, 5) is 13.5. The average molecular weight is 202 g/mol. The predicted molar refractivity (Wildman–Crippen MR) is 57.0 cm³/mol. The highest BCUT2D eigenvalue weighted by molar-refractivity contribution is 5.81. The predicted octanol–water partition coefficient (Wildman–Crippen LogP) is 0.607. The summed E-state index contributed by atoms with van der Waals surface area (Å²) in [5.74, 6) is -0.0244. The molecule has 0 aliphatic heterocycles. The fraction of sp³-hybridized carbons (Fsp3) is 0.900. The van der Waals surface area contributed by atoms with Crippen molar-refractivity contribution in [3.63, 3.8) is 0 Å². The number of hydrogen-bond donors (Lipinski definition) is 1. The first kappa shape index (κ1) is 13.4. The van der Waals surface area contributed by atoms with Gasteiger partial charge in [-0.2, -0.15) is 0 Å². The lowest BCUT2D eigenvalue weighted by Crippen LogP contribution is -2.46. The minimum Gasteiger partial charge on any atom is -0.370 e. The Bertz CT molecular complexity index is 166. The van der Waals surface area contributed by atoms with Gasteiger partial charge in [0.15, 0.2) is 0 Å². The maximum atomic E-state index is 11.8. The zero-order chi connectivity index (χ0) is 11.1. The first-order chi connectivity index (χ1) is 6.62. The van der Waals surface area contributed by atoms with E-state index in [1.54, 1.807) is 4.90 Å². The second kappa shape index (κ2) is 6.79. The molecule has 2 N–H and O–H groups in total. The first-order valence-electron chi connectivity index (χ1n) is 5.11. The highest BCUT2D eigenvalue weighted by Gasteiger charge is 2.23. The third-order valence-corrected chi connectivity index (χ3v) is 2.61. The topological polar surface area (TPSA) is 55.6 Å². The van der Waals surface area contributed by atoms with Crippen molar-refractivity contribution in [3.05, 3.63) is 0 Å². The Balaban J connectivity index is 4.34. The Labute approximate surface area is 86.4 Å². The summed E-state index contributed by atoms with van der Waals surface area (Å²) >= 11 is 0. The van der Waals surface area contributed by atoms with Gasteiger partial charge in [0.1, 0.15) is 6.10 Å². The summed E-state index contributed by atoms with van der Waals surface area (Å²) in [7, 11) is 3.32. The van der Waals surface area contributed by atoms with E-state index in [1.165, 1.54) is 7.11 Å². The van der Waals surface area contributed by atoms with Gasteiger partial charge in [0.2, 0.25) is 0 Å². The molecule has 1 amide bonds. The van der Waals surface area contributed by atoms with Crippen molar-refractivity contribution in [3.8, 4) is 0 Å². The van der Waals surface area contributed by atoms with E-state index in [2.05, 4.69) is 13.8 Å². The summed E-state index contributed by atoms with van der Waals surface area (Å²) in [5.41, 5.74) is 5.43. The van der Waals surface area contributed by atoms with Gasteiger partial charge in [0.25, 0.3) is 5.91 Å². The molecule has 0 aromatic rings. The van der Waals surface area contributed by atoms with Crippen molar-refractivity contribution in [1.29, 1.82) is 0 Å². The Morgan fingerprint density at radius 2 is 1.93 bits per heavy atom. The second-order valence-electron chi connectivity index (χ2n) is 3.38. The number of rotatable bonds is 6. The molecule has 4 heteroatoms. The van der Waals surface area contributed by atoms with Gasteiger partial charge in [-0.1, -0.05) is 13.8 Å². The smallest absolute Gasteiger partial charge is 0.252 e. The van der Waals surface area contributed by atoms with Crippen LogP contribution in [0.4, 0.5) is 0 Å². The van der Waals surface area contributed by atoms with Crippen molar-refractivity contribution < 1.29 is 9.53 Å². The zero-order valence-electron chi connectivity index (χ0n) is 9.62. The molecule has 4 nitrogen and oxygen atoms in total. The Hall–Kier alpha value is -0.610. The van der Waals surface area contributed by atoms with Crippen LogP contribution in [-0.4, -0.2) is 43.7 Å². The maximum absolute atomic E-state index is 11.8. The van der Waals surface area contributed by atoms with E-state index in [0.29, 0.717) is 0 Å². The highest BCUT2D eigenvalue weighted by atomic mass is 16.5. The average Bonchev–Trinajstić information content (AvgIpc) is 2.21. The second-order valence-corrected chi connectivity index (χ2v) is 3.38. The highest BCUT2D eigenvalue weighted by Crippen LogP contribution is 2.08. The van der Waals surface area contributed by atoms with Gasteiger partial charge in [0.05, 0.1) is 0 Å². The number of nitrogens with two attached hydrogens (primary N) is 1. The summed E-state index contributed by atoms with van der Waals surface area (Å²) in [6.45, 7) is 4.38. The number of hydrogen-bond acceptors (Lipinski definition) is 3. The molecule has 0 saturated heterocycles. The molecule has 0 spiro atoms. The summed E-state index contributed by atoms with van der Waals surface area (Å²) in [6.07, 6.45) is 1.42. The minimum absolute atomic E-state index is 0.0244. The molecule has 0 heterocycles. The Morgan fingerprint density at radius 3 is 2.21 bits per heavy atom. The molecular weight excluding hydrogens is 180 g/mol. The number of ether oxygens (including phenoxy) is 1. The van der Waals surface area contributed by atoms with Crippen molar-refractivity contribution in [1.82, 2.24) is 4.90 Å². The third kappa shape index (κ3) is 3.27. The fourth-order valence-corrected chi connectivity index (χ4v) is 1.54. The molecule has 1 unspecified atom stereocenters. The van der Waals surface area contributed by atoms with Gasteiger partial charge >= 0.3 is 0 Å². The summed E-state index contributed by atoms with van der Waals surface area (Å²) in [6, 6.07) is 0.284. The normalized spacial score (nSPS) is 13.0. The number of carbonyl (C=O) groups is 1. The van der Waals surface area contributed by atoms with E-state index in [9.17, 15) is 4.79 Å². The maximum Gasteiger partial charge on any atom is 0.252 e. The summed E-state index contributed by atoms with van der Waals surface area (Å²) in [5, 5.41) is 0. The van der Waals surface area contributed by atoms with Crippen LogP contribution in [0.25, 0.3) is 0 Å². The Kier molecular flexibility index (Phi) is 6.49. The standard InChI is InChI=1S/C10H22N2O2/c1-5-8(6-2)12(3)10(13)9(7-11)14-4/h8-9H,5-7,11H2,1-4H3. The Morgan fingerprint density at radius 1 is 1.43 bits per heavy atom. The minimum atomic E-state index is -0.499. The van der Waals surface area contributed by atoms with Crippen LogP contribution in [0.15, 0.2) is 0 Å². The van der Waals surface area contributed by atoms with Crippen LogP contribution in [0.3, 0.4) is 0 Å². The van der Waals surface area contributed by atoms with E-state index >= 15 is 0 Å².